The molecule has 1 amide bonds. The average molecular weight is 404 g/mol. The Morgan fingerprint density at radius 1 is 1.03 bits per heavy atom. The number of esters is 1. The minimum atomic E-state index is -0.432. The molecule has 4 rings (SSSR count). The van der Waals surface area contributed by atoms with Gasteiger partial charge in [-0.2, -0.15) is 0 Å². The number of amides is 1. The van der Waals surface area contributed by atoms with E-state index in [4.69, 9.17) is 14.2 Å². The molecule has 2 aromatic carbocycles. The second-order valence-corrected chi connectivity index (χ2v) is 6.73. The van der Waals surface area contributed by atoms with E-state index in [9.17, 15) is 9.59 Å². The summed E-state index contributed by atoms with van der Waals surface area (Å²) in [6, 6.07) is 13.9. The van der Waals surface area contributed by atoms with Gasteiger partial charge in [0.25, 0.3) is 5.91 Å². The van der Waals surface area contributed by atoms with Crippen LogP contribution in [-0.4, -0.2) is 30.7 Å². The Morgan fingerprint density at radius 3 is 2.37 bits per heavy atom. The minimum Gasteiger partial charge on any atom is -0.493 e. The van der Waals surface area contributed by atoms with Gasteiger partial charge in [-0.05, 0) is 42.0 Å². The van der Waals surface area contributed by atoms with Crippen LogP contribution in [0.4, 0.5) is 5.69 Å². The van der Waals surface area contributed by atoms with E-state index < -0.39 is 5.97 Å². The Hall–Kier alpha value is -4.00. The number of anilines is 1. The van der Waals surface area contributed by atoms with E-state index in [-0.39, 0.29) is 5.91 Å². The molecule has 0 fully saturated rings. The zero-order valence-corrected chi connectivity index (χ0v) is 16.8. The molecule has 1 aliphatic rings. The van der Waals surface area contributed by atoms with Gasteiger partial charge in [0.1, 0.15) is 11.4 Å². The van der Waals surface area contributed by atoms with Crippen molar-refractivity contribution in [3.8, 4) is 17.2 Å². The molecular weight excluding hydrogens is 384 g/mol. The second kappa shape index (κ2) is 7.79. The predicted molar refractivity (Wildman–Crippen MR) is 113 cm³/mol. The van der Waals surface area contributed by atoms with E-state index in [0.29, 0.717) is 34.2 Å². The lowest BCUT2D eigenvalue weighted by atomic mass is 10.0. The first-order valence-corrected chi connectivity index (χ1v) is 9.23. The molecule has 0 saturated carbocycles. The van der Waals surface area contributed by atoms with Crippen LogP contribution in [0.5, 0.6) is 17.2 Å². The predicted octanol–water partition coefficient (Wildman–Crippen LogP) is 3.75. The van der Waals surface area contributed by atoms with Gasteiger partial charge in [-0.15, -0.1) is 0 Å². The Labute approximate surface area is 173 Å². The number of aryl methyl sites for hydroxylation is 1. The fourth-order valence-corrected chi connectivity index (χ4v) is 3.29. The summed E-state index contributed by atoms with van der Waals surface area (Å²) >= 11 is 0. The van der Waals surface area contributed by atoms with Gasteiger partial charge < -0.3 is 24.1 Å². The van der Waals surface area contributed by atoms with E-state index in [1.807, 2.05) is 0 Å². The topological polar surface area (TPSA) is 78.8 Å². The van der Waals surface area contributed by atoms with Gasteiger partial charge in [-0.1, -0.05) is 12.1 Å². The molecule has 7 heteroatoms. The number of nitrogens with one attached hydrogen (secondary N) is 1. The first kappa shape index (κ1) is 19.3. The summed E-state index contributed by atoms with van der Waals surface area (Å²) in [6.07, 6.45) is 3.55. The number of hydrogen-bond donors (Lipinski definition) is 1. The number of aromatic nitrogens is 1. The number of fused-ring (bicyclic) bond motifs is 1. The number of carbonyl (C=O) groups excluding carboxylic acids is 2. The number of nitrogens with zero attached hydrogens (tertiary/aromatic N) is 1. The van der Waals surface area contributed by atoms with Crippen molar-refractivity contribution in [1.82, 2.24) is 4.57 Å². The fourth-order valence-electron chi connectivity index (χ4n) is 3.29. The Morgan fingerprint density at radius 2 is 1.73 bits per heavy atom. The summed E-state index contributed by atoms with van der Waals surface area (Å²) in [7, 11) is 4.87. The minimum absolute atomic E-state index is 0.209. The summed E-state index contributed by atoms with van der Waals surface area (Å²) < 4.78 is 17.7. The first-order chi connectivity index (χ1) is 14.5. The number of rotatable bonds is 5. The van der Waals surface area contributed by atoms with E-state index >= 15 is 0 Å². The molecular formula is C23H20N2O5. The molecule has 0 unspecified atom stereocenters. The molecule has 1 aliphatic heterocycles. The van der Waals surface area contributed by atoms with Crippen molar-refractivity contribution in [1.29, 1.82) is 0 Å². The molecule has 30 heavy (non-hydrogen) atoms. The molecule has 0 spiro atoms. The van der Waals surface area contributed by atoms with Crippen molar-refractivity contribution in [3.63, 3.8) is 0 Å². The summed E-state index contributed by atoms with van der Waals surface area (Å²) in [5.74, 6) is 0.869. The zero-order valence-electron chi connectivity index (χ0n) is 16.8. The Kier molecular flexibility index (Phi) is 5.02. The normalized spacial score (nSPS) is 13.7. The quantitative estimate of drug-likeness (QED) is 0.398. The largest absolute Gasteiger partial charge is 0.493 e. The monoisotopic (exact) mass is 404 g/mol. The van der Waals surface area contributed by atoms with Crippen LogP contribution in [0.25, 0.3) is 11.6 Å². The SMILES string of the molecule is COc1cc2c(cc1OC)C(=Cc1ccc(OC(=O)c3cccn3C)cc1)C(=O)N2. The molecule has 1 N–H and O–H groups in total. The van der Waals surface area contributed by atoms with Crippen LogP contribution >= 0.6 is 0 Å². The third kappa shape index (κ3) is 3.53. The maximum atomic E-state index is 12.5. The number of benzene rings is 2. The molecule has 0 radical (unpaired) electrons. The van der Waals surface area contributed by atoms with Crippen LogP contribution < -0.4 is 19.5 Å². The lowest BCUT2D eigenvalue weighted by Crippen LogP contribution is -2.12. The van der Waals surface area contributed by atoms with Crippen molar-refractivity contribution in [2.24, 2.45) is 7.05 Å². The van der Waals surface area contributed by atoms with Crippen molar-refractivity contribution >= 4 is 29.2 Å². The van der Waals surface area contributed by atoms with E-state index in [2.05, 4.69) is 5.32 Å². The van der Waals surface area contributed by atoms with E-state index in [0.717, 1.165) is 11.1 Å². The maximum Gasteiger partial charge on any atom is 0.360 e. The van der Waals surface area contributed by atoms with Crippen LogP contribution in [-0.2, 0) is 11.8 Å². The maximum absolute atomic E-state index is 12.5. The molecule has 0 saturated heterocycles. The fraction of sp³-hybridized carbons (Fsp3) is 0.130. The molecule has 7 nitrogen and oxygen atoms in total. The third-order valence-electron chi connectivity index (χ3n) is 4.86. The van der Waals surface area contributed by atoms with Gasteiger partial charge >= 0.3 is 5.97 Å². The first-order valence-electron chi connectivity index (χ1n) is 9.23. The van der Waals surface area contributed by atoms with Crippen molar-refractivity contribution in [3.05, 3.63) is 71.5 Å². The van der Waals surface area contributed by atoms with Crippen LogP contribution in [0, 0.1) is 0 Å². The van der Waals surface area contributed by atoms with E-state index in [1.54, 1.807) is 86.6 Å². The standard InChI is InChI=1S/C23H20N2O5/c1-25-10-4-5-19(25)23(27)30-15-8-6-14(7-9-15)11-17-16-12-20(28-2)21(29-3)13-18(16)24-22(17)26/h4-13H,1-3H3,(H,24,26). The summed E-state index contributed by atoms with van der Waals surface area (Å²) in [4.78, 5) is 24.7. The Bertz CT molecular complexity index is 1160. The summed E-state index contributed by atoms with van der Waals surface area (Å²) in [5, 5.41) is 2.84. The third-order valence-corrected chi connectivity index (χ3v) is 4.86. The van der Waals surface area contributed by atoms with Gasteiger partial charge in [0.2, 0.25) is 0 Å². The highest BCUT2D eigenvalue weighted by Gasteiger charge is 2.26. The summed E-state index contributed by atoms with van der Waals surface area (Å²) in [5.41, 5.74) is 3.17. The smallest absolute Gasteiger partial charge is 0.360 e. The van der Waals surface area contributed by atoms with Crippen LogP contribution in [0.3, 0.4) is 0 Å². The number of ether oxygens (including phenoxy) is 3. The molecule has 2 heterocycles. The van der Waals surface area contributed by atoms with Gasteiger partial charge in [0, 0.05) is 30.4 Å². The highest BCUT2D eigenvalue weighted by atomic mass is 16.5. The molecule has 0 atom stereocenters. The van der Waals surface area contributed by atoms with Gasteiger partial charge in [0.15, 0.2) is 11.5 Å². The van der Waals surface area contributed by atoms with Gasteiger partial charge in [-0.25, -0.2) is 4.79 Å². The molecule has 152 valence electrons. The average Bonchev–Trinajstić information content (AvgIpc) is 3.31. The molecule has 0 bridgehead atoms. The molecule has 0 aliphatic carbocycles. The van der Waals surface area contributed by atoms with Crippen molar-refractivity contribution in [2.45, 2.75) is 0 Å². The molecule has 1 aromatic heterocycles. The number of carbonyl (C=O) groups is 2. The number of hydrogen-bond acceptors (Lipinski definition) is 5. The zero-order chi connectivity index (χ0) is 21.3. The highest BCUT2D eigenvalue weighted by Crippen LogP contribution is 2.41. The summed E-state index contributed by atoms with van der Waals surface area (Å²) in [6.45, 7) is 0. The molecule has 3 aromatic rings. The van der Waals surface area contributed by atoms with Crippen molar-refractivity contribution < 1.29 is 23.8 Å². The van der Waals surface area contributed by atoms with Crippen LogP contribution in [0.2, 0.25) is 0 Å². The lowest BCUT2D eigenvalue weighted by molar-refractivity contribution is -0.110. The van der Waals surface area contributed by atoms with Crippen LogP contribution in [0.15, 0.2) is 54.7 Å². The van der Waals surface area contributed by atoms with Crippen LogP contribution in [0.1, 0.15) is 21.6 Å². The van der Waals surface area contributed by atoms with Gasteiger partial charge in [-0.3, -0.25) is 4.79 Å². The Balaban J connectivity index is 1.58. The lowest BCUT2D eigenvalue weighted by Gasteiger charge is -2.09. The van der Waals surface area contributed by atoms with Crippen molar-refractivity contribution in [2.75, 3.05) is 19.5 Å². The second-order valence-electron chi connectivity index (χ2n) is 6.73. The number of methoxy groups -OCH3 is 2. The highest BCUT2D eigenvalue weighted by molar-refractivity contribution is 6.35. The van der Waals surface area contributed by atoms with E-state index in [1.165, 1.54) is 0 Å². The van der Waals surface area contributed by atoms with Gasteiger partial charge in [0.05, 0.1) is 19.9 Å².